The number of carbonyl (C=O) groups is 4. The van der Waals surface area contributed by atoms with E-state index >= 15 is 0 Å². The minimum Gasteiger partial charge on any atom is -0.480 e. The number of amides is 2. The third-order valence-electron chi connectivity index (χ3n) is 3.96. The summed E-state index contributed by atoms with van der Waals surface area (Å²) in [6.45, 7) is 4.84. The molecule has 0 aliphatic rings. The van der Waals surface area contributed by atoms with E-state index < -0.39 is 35.8 Å². The standard InChI is InChI=1S/C18H24N2O6S2/c1-4-10(2)15(18(25)26)20-16(22)12-7-5-6-8-14(12)28-27-9-13(17(23)24)19-11(3)21/h5-8,10,13,15H,4,9H2,1-3H3,(H,19,21)(H,20,22)(H,23,24)(H,25,26)/t10-,13+,15+/m1/s1. The molecule has 0 aliphatic carbocycles. The molecule has 0 spiro atoms. The highest BCUT2D eigenvalue weighted by Gasteiger charge is 2.26. The molecule has 1 aromatic carbocycles. The minimum atomic E-state index is -1.15. The van der Waals surface area contributed by atoms with E-state index in [-0.39, 0.29) is 11.7 Å². The predicted molar refractivity (Wildman–Crippen MR) is 108 cm³/mol. The van der Waals surface area contributed by atoms with Gasteiger partial charge in [0, 0.05) is 17.6 Å². The Morgan fingerprint density at radius 3 is 2.25 bits per heavy atom. The second-order valence-electron chi connectivity index (χ2n) is 6.13. The van der Waals surface area contributed by atoms with Crippen LogP contribution in [0.1, 0.15) is 37.6 Å². The molecular formula is C18H24N2O6S2. The number of carboxylic acids is 2. The second-order valence-corrected chi connectivity index (χ2v) is 8.51. The fraction of sp³-hybridized carbons (Fsp3) is 0.444. The molecule has 0 unspecified atom stereocenters. The van der Waals surface area contributed by atoms with Gasteiger partial charge in [-0.3, -0.25) is 9.59 Å². The van der Waals surface area contributed by atoms with Gasteiger partial charge in [-0.1, -0.05) is 54.0 Å². The van der Waals surface area contributed by atoms with Crippen LogP contribution in [0.4, 0.5) is 0 Å². The maximum atomic E-state index is 12.6. The van der Waals surface area contributed by atoms with Gasteiger partial charge in [0.25, 0.3) is 5.91 Å². The van der Waals surface area contributed by atoms with Crippen LogP contribution in [-0.4, -0.2) is 51.8 Å². The molecule has 28 heavy (non-hydrogen) atoms. The van der Waals surface area contributed by atoms with Crippen molar-refractivity contribution in [2.24, 2.45) is 5.92 Å². The first-order valence-corrected chi connectivity index (χ1v) is 10.9. The third-order valence-corrected chi connectivity index (χ3v) is 6.38. The normalized spacial score (nSPS) is 13.8. The van der Waals surface area contributed by atoms with Crippen molar-refractivity contribution < 1.29 is 29.4 Å². The van der Waals surface area contributed by atoms with Crippen molar-refractivity contribution in [1.29, 1.82) is 0 Å². The fourth-order valence-corrected chi connectivity index (χ4v) is 4.59. The first-order valence-electron chi connectivity index (χ1n) is 8.59. The summed E-state index contributed by atoms with van der Waals surface area (Å²) in [4.78, 5) is 46.9. The highest BCUT2D eigenvalue weighted by Crippen LogP contribution is 2.34. The molecule has 0 saturated heterocycles. The van der Waals surface area contributed by atoms with E-state index in [2.05, 4.69) is 10.6 Å². The van der Waals surface area contributed by atoms with Crippen LogP contribution in [0.25, 0.3) is 0 Å². The van der Waals surface area contributed by atoms with E-state index in [1.807, 2.05) is 6.92 Å². The average molecular weight is 429 g/mol. The molecule has 0 aromatic heterocycles. The van der Waals surface area contributed by atoms with Crippen molar-refractivity contribution in [3.63, 3.8) is 0 Å². The summed E-state index contributed by atoms with van der Waals surface area (Å²) in [5, 5.41) is 23.4. The summed E-state index contributed by atoms with van der Waals surface area (Å²) < 4.78 is 0. The predicted octanol–water partition coefficient (Wildman–Crippen LogP) is 2.25. The molecular weight excluding hydrogens is 404 g/mol. The summed E-state index contributed by atoms with van der Waals surface area (Å²) in [7, 11) is 2.37. The van der Waals surface area contributed by atoms with Gasteiger partial charge < -0.3 is 20.8 Å². The summed E-state index contributed by atoms with van der Waals surface area (Å²) in [5.74, 6) is -3.32. The Kier molecular flexibility index (Phi) is 9.88. The summed E-state index contributed by atoms with van der Waals surface area (Å²) >= 11 is 0. The highest BCUT2D eigenvalue weighted by molar-refractivity contribution is 8.76. The number of rotatable bonds is 11. The van der Waals surface area contributed by atoms with Crippen LogP contribution in [0.5, 0.6) is 0 Å². The molecule has 0 bridgehead atoms. The molecule has 3 atom stereocenters. The summed E-state index contributed by atoms with van der Waals surface area (Å²) in [6.07, 6.45) is 0.600. The SMILES string of the molecule is CC[C@@H](C)[C@H](NC(=O)c1ccccc1SSC[C@H](NC(C)=O)C(=O)O)C(=O)O. The smallest absolute Gasteiger partial charge is 0.327 e. The molecule has 0 heterocycles. The van der Waals surface area contributed by atoms with Crippen LogP contribution in [0, 0.1) is 5.92 Å². The van der Waals surface area contributed by atoms with Gasteiger partial charge in [-0.15, -0.1) is 0 Å². The number of benzene rings is 1. The molecule has 0 radical (unpaired) electrons. The zero-order chi connectivity index (χ0) is 21.3. The Hall–Kier alpha value is -2.20. The maximum absolute atomic E-state index is 12.6. The van der Waals surface area contributed by atoms with Crippen LogP contribution >= 0.6 is 21.6 Å². The van der Waals surface area contributed by atoms with Crippen LogP contribution < -0.4 is 10.6 Å². The zero-order valence-electron chi connectivity index (χ0n) is 15.8. The Morgan fingerprint density at radius 1 is 1.07 bits per heavy atom. The first kappa shape index (κ1) is 23.8. The van der Waals surface area contributed by atoms with Crippen molar-refractivity contribution in [2.45, 2.75) is 44.2 Å². The average Bonchev–Trinajstić information content (AvgIpc) is 2.64. The van der Waals surface area contributed by atoms with Gasteiger partial charge in [0.1, 0.15) is 12.1 Å². The Labute approximate surface area is 171 Å². The Balaban J connectivity index is 2.83. The molecule has 10 heteroatoms. The van der Waals surface area contributed by atoms with Gasteiger partial charge >= 0.3 is 11.9 Å². The number of nitrogens with one attached hydrogen (secondary N) is 2. The monoisotopic (exact) mass is 428 g/mol. The van der Waals surface area contributed by atoms with E-state index in [0.717, 1.165) is 0 Å². The molecule has 4 N–H and O–H groups in total. The lowest BCUT2D eigenvalue weighted by Gasteiger charge is -2.20. The molecule has 0 fully saturated rings. The van der Waals surface area contributed by atoms with Crippen molar-refractivity contribution in [2.75, 3.05) is 5.75 Å². The molecule has 0 aliphatic heterocycles. The van der Waals surface area contributed by atoms with Crippen LogP contribution in [0.2, 0.25) is 0 Å². The van der Waals surface area contributed by atoms with E-state index in [1.54, 1.807) is 31.2 Å². The van der Waals surface area contributed by atoms with Gasteiger partial charge in [0.2, 0.25) is 5.91 Å². The van der Waals surface area contributed by atoms with Crippen LogP contribution in [0.15, 0.2) is 29.2 Å². The first-order chi connectivity index (χ1) is 13.2. The van der Waals surface area contributed by atoms with Crippen molar-refractivity contribution in [3.8, 4) is 0 Å². The third kappa shape index (κ3) is 7.43. The molecule has 0 saturated carbocycles. The second kappa shape index (κ2) is 11.6. The van der Waals surface area contributed by atoms with Crippen LogP contribution in [0.3, 0.4) is 0 Å². The van der Waals surface area contributed by atoms with E-state index in [0.29, 0.717) is 16.9 Å². The molecule has 2 amide bonds. The number of hydrogen-bond acceptors (Lipinski definition) is 6. The topological polar surface area (TPSA) is 133 Å². The Morgan fingerprint density at radius 2 is 1.71 bits per heavy atom. The molecule has 8 nitrogen and oxygen atoms in total. The lowest BCUT2D eigenvalue weighted by Crippen LogP contribution is -2.45. The minimum absolute atomic E-state index is 0.0974. The number of carboxylic acid groups (broad SMARTS) is 2. The lowest BCUT2D eigenvalue weighted by molar-refractivity contribution is -0.141. The van der Waals surface area contributed by atoms with Gasteiger partial charge in [-0.25, -0.2) is 9.59 Å². The van der Waals surface area contributed by atoms with Gasteiger partial charge in [0.15, 0.2) is 0 Å². The molecule has 154 valence electrons. The lowest BCUT2D eigenvalue weighted by atomic mass is 9.99. The number of carbonyl (C=O) groups excluding carboxylic acids is 2. The molecule has 1 aromatic rings. The largest absolute Gasteiger partial charge is 0.480 e. The van der Waals surface area contributed by atoms with Gasteiger partial charge in [-0.05, 0) is 18.1 Å². The van der Waals surface area contributed by atoms with Gasteiger partial charge in [0.05, 0.1) is 5.56 Å². The van der Waals surface area contributed by atoms with Crippen LogP contribution in [-0.2, 0) is 14.4 Å². The van der Waals surface area contributed by atoms with Gasteiger partial charge in [-0.2, -0.15) is 0 Å². The summed E-state index contributed by atoms with van der Waals surface area (Å²) in [5.41, 5.74) is 0.306. The van der Waals surface area contributed by atoms with E-state index in [4.69, 9.17) is 5.11 Å². The van der Waals surface area contributed by atoms with Crippen molar-refractivity contribution in [1.82, 2.24) is 10.6 Å². The zero-order valence-corrected chi connectivity index (χ0v) is 17.4. The number of hydrogen-bond donors (Lipinski definition) is 4. The quantitative estimate of drug-likeness (QED) is 0.395. The summed E-state index contributed by atoms with van der Waals surface area (Å²) in [6, 6.07) is 4.62. The van der Waals surface area contributed by atoms with E-state index in [1.165, 1.54) is 28.5 Å². The van der Waals surface area contributed by atoms with Crippen molar-refractivity contribution in [3.05, 3.63) is 29.8 Å². The maximum Gasteiger partial charge on any atom is 0.327 e. The van der Waals surface area contributed by atoms with Crippen molar-refractivity contribution >= 4 is 45.3 Å². The van der Waals surface area contributed by atoms with E-state index in [9.17, 15) is 24.3 Å². The highest BCUT2D eigenvalue weighted by atomic mass is 33.1. The number of aliphatic carboxylic acids is 2. The fourth-order valence-electron chi connectivity index (χ4n) is 2.21. The Bertz CT molecular complexity index is 728. The molecule has 1 rings (SSSR count).